The highest BCUT2D eigenvalue weighted by atomic mass is 16.5. The fourth-order valence-electron chi connectivity index (χ4n) is 2.18. The summed E-state index contributed by atoms with van der Waals surface area (Å²) >= 11 is 0. The van der Waals surface area contributed by atoms with Crippen LogP contribution in [0.5, 0.6) is 0 Å². The Morgan fingerprint density at radius 2 is 1.93 bits per heavy atom. The Hall–Kier alpha value is -0.630. The molecule has 14 heavy (non-hydrogen) atoms. The van der Waals surface area contributed by atoms with Gasteiger partial charge < -0.3 is 9.47 Å². The molecule has 4 heteroatoms. The topological polar surface area (TPSA) is 45.5 Å². The maximum Gasteiger partial charge on any atom is 0.133 e. The Labute approximate surface area is 84.4 Å². The standard InChI is InChI=1S/C10H16N2O2/c11-8-10(2-1-5-14-9-10)12-3-6-13-7-4-12/h1-7,9H2. The van der Waals surface area contributed by atoms with Crippen LogP contribution in [0.3, 0.4) is 0 Å². The van der Waals surface area contributed by atoms with Crippen molar-refractivity contribution in [3.05, 3.63) is 0 Å². The molecule has 2 rings (SSSR count). The summed E-state index contributed by atoms with van der Waals surface area (Å²) in [6, 6.07) is 2.43. The van der Waals surface area contributed by atoms with Gasteiger partial charge in [-0.3, -0.25) is 4.90 Å². The van der Waals surface area contributed by atoms with Crippen molar-refractivity contribution in [3.63, 3.8) is 0 Å². The number of morpholine rings is 1. The Bertz CT molecular complexity index is 225. The number of ether oxygens (including phenoxy) is 2. The number of hydrogen-bond donors (Lipinski definition) is 0. The molecule has 2 aliphatic rings. The fraction of sp³-hybridized carbons (Fsp3) is 0.900. The van der Waals surface area contributed by atoms with E-state index in [1.807, 2.05) is 0 Å². The van der Waals surface area contributed by atoms with Crippen molar-refractivity contribution in [2.75, 3.05) is 39.5 Å². The molecule has 4 nitrogen and oxygen atoms in total. The SMILES string of the molecule is N#CC1(N2CCOCC2)CCCOC1. The zero-order valence-electron chi connectivity index (χ0n) is 8.37. The maximum atomic E-state index is 9.28. The summed E-state index contributed by atoms with van der Waals surface area (Å²) < 4.78 is 10.7. The highest BCUT2D eigenvalue weighted by Crippen LogP contribution is 2.26. The van der Waals surface area contributed by atoms with Crippen LogP contribution in [0.1, 0.15) is 12.8 Å². The summed E-state index contributed by atoms with van der Waals surface area (Å²) in [6.07, 6.45) is 1.93. The average Bonchev–Trinajstić information content (AvgIpc) is 2.31. The van der Waals surface area contributed by atoms with Crippen molar-refractivity contribution in [2.45, 2.75) is 18.4 Å². The van der Waals surface area contributed by atoms with Crippen molar-refractivity contribution in [2.24, 2.45) is 0 Å². The summed E-state index contributed by atoms with van der Waals surface area (Å²) in [7, 11) is 0. The first kappa shape index (κ1) is 9.91. The van der Waals surface area contributed by atoms with Gasteiger partial charge in [0.25, 0.3) is 0 Å². The highest BCUT2D eigenvalue weighted by Gasteiger charge is 2.39. The fourth-order valence-corrected chi connectivity index (χ4v) is 2.18. The molecule has 0 aliphatic carbocycles. The molecule has 1 unspecified atom stereocenters. The number of rotatable bonds is 1. The molecule has 2 heterocycles. The molecule has 0 radical (unpaired) electrons. The van der Waals surface area contributed by atoms with E-state index in [-0.39, 0.29) is 5.54 Å². The molecule has 2 fully saturated rings. The van der Waals surface area contributed by atoms with E-state index < -0.39 is 0 Å². The predicted octanol–water partition coefficient (Wildman–Crippen LogP) is 0.391. The van der Waals surface area contributed by atoms with Gasteiger partial charge in [0.2, 0.25) is 0 Å². The first-order chi connectivity index (χ1) is 6.87. The van der Waals surface area contributed by atoms with Crippen LogP contribution in [0.25, 0.3) is 0 Å². The molecule has 0 saturated carbocycles. The van der Waals surface area contributed by atoms with Crippen molar-refractivity contribution in [1.82, 2.24) is 4.90 Å². The minimum absolute atomic E-state index is 0.373. The molecular weight excluding hydrogens is 180 g/mol. The van der Waals surface area contributed by atoms with Gasteiger partial charge in [-0.15, -0.1) is 0 Å². The molecule has 2 saturated heterocycles. The lowest BCUT2D eigenvalue weighted by Gasteiger charge is -2.42. The van der Waals surface area contributed by atoms with Crippen LogP contribution < -0.4 is 0 Å². The van der Waals surface area contributed by atoms with E-state index in [9.17, 15) is 5.26 Å². The van der Waals surface area contributed by atoms with E-state index in [2.05, 4.69) is 11.0 Å². The summed E-state index contributed by atoms with van der Waals surface area (Å²) in [5.41, 5.74) is -0.373. The smallest absolute Gasteiger partial charge is 0.133 e. The molecule has 0 N–H and O–H groups in total. The van der Waals surface area contributed by atoms with Gasteiger partial charge in [-0.25, -0.2) is 0 Å². The first-order valence-electron chi connectivity index (χ1n) is 5.19. The monoisotopic (exact) mass is 196 g/mol. The molecule has 0 aromatic carbocycles. The van der Waals surface area contributed by atoms with Crippen LogP contribution >= 0.6 is 0 Å². The van der Waals surface area contributed by atoms with Crippen LogP contribution in [-0.4, -0.2) is 50.0 Å². The van der Waals surface area contributed by atoms with Crippen LogP contribution in [0.15, 0.2) is 0 Å². The van der Waals surface area contributed by atoms with E-state index in [1.165, 1.54) is 0 Å². The molecule has 0 amide bonds. The van der Waals surface area contributed by atoms with Gasteiger partial charge in [0.15, 0.2) is 0 Å². The normalized spacial score (nSPS) is 35.1. The van der Waals surface area contributed by atoms with Crippen LogP contribution in [-0.2, 0) is 9.47 Å². The third-order valence-electron chi connectivity index (χ3n) is 3.04. The van der Waals surface area contributed by atoms with E-state index in [0.717, 1.165) is 45.8 Å². The number of nitriles is 1. The first-order valence-corrected chi connectivity index (χ1v) is 5.19. The molecule has 0 aromatic rings. The second-order valence-electron chi connectivity index (χ2n) is 3.90. The van der Waals surface area contributed by atoms with E-state index in [1.54, 1.807) is 0 Å². The largest absolute Gasteiger partial charge is 0.379 e. The summed E-state index contributed by atoms with van der Waals surface area (Å²) in [5.74, 6) is 0. The summed E-state index contributed by atoms with van der Waals surface area (Å²) in [4.78, 5) is 2.22. The molecule has 2 aliphatic heterocycles. The third-order valence-corrected chi connectivity index (χ3v) is 3.04. The highest BCUT2D eigenvalue weighted by molar-refractivity contribution is 5.10. The van der Waals surface area contributed by atoms with E-state index >= 15 is 0 Å². The quantitative estimate of drug-likeness (QED) is 0.608. The van der Waals surface area contributed by atoms with Crippen LogP contribution in [0.2, 0.25) is 0 Å². The predicted molar refractivity (Wildman–Crippen MR) is 50.8 cm³/mol. The lowest BCUT2D eigenvalue weighted by atomic mass is 9.91. The van der Waals surface area contributed by atoms with Crippen molar-refractivity contribution >= 4 is 0 Å². The summed E-state index contributed by atoms with van der Waals surface area (Å²) in [6.45, 7) is 4.55. The molecule has 0 aromatic heterocycles. The average molecular weight is 196 g/mol. The second kappa shape index (κ2) is 4.26. The Balaban J connectivity index is 2.06. The van der Waals surface area contributed by atoms with Gasteiger partial charge in [0.05, 0.1) is 25.9 Å². The van der Waals surface area contributed by atoms with Crippen LogP contribution in [0.4, 0.5) is 0 Å². The van der Waals surface area contributed by atoms with Gasteiger partial charge >= 0.3 is 0 Å². The molecular formula is C10H16N2O2. The summed E-state index contributed by atoms with van der Waals surface area (Å²) in [5, 5.41) is 9.28. The lowest BCUT2D eigenvalue weighted by Crippen LogP contribution is -2.56. The maximum absolute atomic E-state index is 9.28. The Morgan fingerprint density at radius 3 is 2.50 bits per heavy atom. The Kier molecular flexibility index (Phi) is 3.02. The molecule has 0 spiro atoms. The minimum atomic E-state index is -0.373. The zero-order chi connectivity index (χ0) is 9.86. The number of nitrogens with zero attached hydrogens (tertiary/aromatic N) is 2. The molecule has 0 bridgehead atoms. The second-order valence-corrected chi connectivity index (χ2v) is 3.90. The van der Waals surface area contributed by atoms with E-state index in [0.29, 0.717) is 6.61 Å². The van der Waals surface area contributed by atoms with Gasteiger partial charge in [0.1, 0.15) is 5.54 Å². The molecule has 1 atom stereocenters. The van der Waals surface area contributed by atoms with Crippen molar-refractivity contribution in [1.29, 1.82) is 5.26 Å². The Morgan fingerprint density at radius 1 is 1.14 bits per heavy atom. The van der Waals surface area contributed by atoms with Gasteiger partial charge in [0, 0.05) is 19.7 Å². The van der Waals surface area contributed by atoms with Crippen LogP contribution in [0, 0.1) is 11.3 Å². The third kappa shape index (κ3) is 1.76. The number of hydrogen-bond acceptors (Lipinski definition) is 4. The van der Waals surface area contributed by atoms with Gasteiger partial charge in [-0.1, -0.05) is 0 Å². The minimum Gasteiger partial charge on any atom is -0.379 e. The van der Waals surface area contributed by atoms with Gasteiger partial charge in [-0.2, -0.15) is 5.26 Å². The van der Waals surface area contributed by atoms with Crippen molar-refractivity contribution < 1.29 is 9.47 Å². The lowest BCUT2D eigenvalue weighted by molar-refractivity contribution is -0.0610. The zero-order valence-corrected chi connectivity index (χ0v) is 8.37. The van der Waals surface area contributed by atoms with Gasteiger partial charge in [-0.05, 0) is 12.8 Å². The van der Waals surface area contributed by atoms with Crippen molar-refractivity contribution in [3.8, 4) is 6.07 Å². The van der Waals surface area contributed by atoms with E-state index in [4.69, 9.17) is 9.47 Å². The molecule has 78 valence electrons.